The van der Waals surface area contributed by atoms with Crippen LogP contribution in [0.25, 0.3) is 0 Å². The zero-order chi connectivity index (χ0) is 14.1. The third kappa shape index (κ3) is 4.03. The van der Waals surface area contributed by atoms with Gasteiger partial charge in [-0.1, -0.05) is 0 Å². The molecule has 0 amide bonds. The zero-order valence-corrected chi connectivity index (χ0v) is 13.9. The first-order valence-electron chi connectivity index (χ1n) is 5.44. The average molecular weight is 381 g/mol. The number of nitrogens with zero attached hydrogens (tertiary/aromatic N) is 1. The molecule has 0 aliphatic carbocycles. The Hall–Kier alpha value is 0.0549. The molecule has 0 saturated heterocycles. The van der Waals surface area contributed by atoms with Crippen LogP contribution in [0, 0.1) is 0 Å². The molecule has 100 valence electrons. The van der Waals surface area contributed by atoms with Gasteiger partial charge in [-0.05, 0) is 77.2 Å². The molecule has 0 unspecified atom stereocenters. The van der Waals surface area contributed by atoms with Gasteiger partial charge in [-0.3, -0.25) is 0 Å². The maximum atomic E-state index is 10.1. The van der Waals surface area contributed by atoms with E-state index in [2.05, 4.69) is 36.8 Å². The van der Waals surface area contributed by atoms with E-state index in [0.717, 1.165) is 0 Å². The highest BCUT2D eigenvalue weighted by atomic mass is 79.9. The highest BCUT2D eigenvalue weighted by Gasteiger charge is 2.39. The van der Waals surface area contributed by atoms with Crippen LogP contribution in [0.2, 0.25) is 0 Å². The Morgan fingerprint density at radius 2 is 1.61 bits per heavy atom. The molecule has 0 aliphatic heterocycles. The lowest BCUT2D eigenvalue weighted by Gasteiger charge is -2.38. The number of aromatic nitrogens is 1. The number of pyridine rings is 1. The molecule has 0 saturated carbocycles. The first-order chi connectivity index (χ1) is 8.03. The van der Waals surface area contributed by atoms with Crippen molar-refractivity contribution in [1.82, 2.24) is 4.98 Å². The van der Waals surface area contributed by atoms with Gasteiger partial charge >= 0.3 is 7.12 Å². The van der Waals surface area contributed by atoms with E-state index < -0.39 is 18.3 Å². The second-order valence-corrected chi connectivity index (χ2v) is 6.71. The Morgan fingerprint density at radius 3 is 2.00 bits per heavy atom. The first kappa shape index (κ1) is 16.1. The molecular weight excluding hydrogens is 365 g/mol. The van der Waals surface area contributed by atoms with Gasteiger partial charge in [0.2, 0.25) is 0 Å². The quantitative estimate of drug-likeness (QED) is 0.618. The van der Waals surface area contributed by atoms with Crippen molar-refractivity contribution in [3.8, 4) is 0 Å². The van der Waals surface area contributed by atoms with Crippen molar-refractivity contribution in [2.75, 3.05) is 0 Å². The molecule has 0 aromatic carbocycles. The van der Waals surface area contributed by atoms with Crippen LogP contribution < -0.4 is 5.46 Å². The van der Waals surface area contributed by atoms with E-state index in [1.165, 1.54) is 0 Å². The summed E-state index contributed by atoms with van der Waals surface area (Å²) in [6.45, 7) is 6.72. The van der Waals surface area contributed by atoms with Crippen LogP contribution in [-0.4, -0.2) is 33.4 Å². The monoisotopic (exact) mass is 379 g/mol. The molecule has 0 radical (unpaired) electrons. The molecule has 0 fully saturated rings. The first-order valence-corrected chi connectivity index (χ1v) is 7.03. The van der Waals surface area contributed by atoms with Crippen LogP contribution in [0.3, 0.4) is 0 Å². The van der Waals surface area contributed by atoms with Gasteiger partial charge in [0.25, 0.3) is 0 Å². The van der Waals surface area contributed by atoms with E-state index in [-0.39, 0.29) is 0 Å². The molecule has 0 bridgehead atoms. The van der Waals surface area contributed by atoms with Gasteiger partial charge in [0, 0.05) is 0 Å². The van der Waals surface area contributed by atoms with Gasteiger partial charge < -0.3 is 14.8 Å². The van der Waals surface area contributed by atoms with Gasteiger partial charge in [0.1, 0.15) is 9.21 Å². The lowest BCUT2D eigenvalue weighted by Crippen LogP contribution is -2.53. The Morgan fingerprint density at radius 1 is 1.17 bits per heavy atom. The van der Waals surface area contributed by atoms with Crippen molar-refractivity contribution in [3.05, 3.63) is 21.3 Å². The van der Waals surface area contributed by atoms with Gasteiger partial charge in [0.05, 0.1) is 11.2 Å². The van der Waals surface area contributed by atoms with Gasteiger partial charge in [0.15, 0.2) is 0 Å². The minimum absolute atomic E-state index is 0.557. The second-order valence-electron chi connectivity index (χ2n) is 5.09. The summed E-state index contributed by atoms with van der Waals surface area (Å²) in [4.78, 5) is 4.08. The molecule has 7 heteroatoms. The number of rotatable bonds is 4. The molecular formula is C11H16BBr2NO3. The molecule has 2 N–H and O–H groups in total. The standard InChI is InChI=1S/C11H16BBr2NO3/c1-10(2,16)11(3,4)18-12(17)7-5-8(13)15-9(14)6-7/h5-6,16-17H,1-4H3. The summed E-state index contributed by atoms with van der Waals surface area (Å²) in [6.07, 6.45) is 0. The van der Waals surface area contributed by atoms with E-state index >= 15 is 0 Å². The summed E-state index contributed by atoms with van der Waals surface area (Å²) >= 11 is 6.49. The highest BCUT2D eigenvalue weighted by Crippen LogP contribution is 2.25. The van der Waals surface area contributed by atoms with Crippen LogP contribution >= 0.6 is 31.9 Å². The van der Waals surface area contributed by atoms with Crippen LogP contribution in [0.4, 0.5) is 0 Å². The number of aliphatic hydroxyl groups is 1. The van der Waals surface area contributed by atoms with Gasteiger partial charge in [-0.2, -0.15) is 0 Å². The topological polar surface area (TPSA) is 62.6 Å². The Labute approximate surface area is 124 Å². The van der Waals surface area contributed by atoms with Crippen molar-refractivity contribution in [1.29, 1.82) is 0 Å². The molecule has 1 rings (SSSR count). The van der Waals surface area contributed by atoms with Crippen molar-refractivity contribution in [2.45, 2.75) is 38.9 Å². The summed E-state index contributed by atoms with van der Waals surface area (Å²) in [5.74, 6) is 0. The van der Waals surface area contributed by atoms with E-state index in [1.54, 1.807) is 39.8 Å². The van der Waals surface area contributed by atoms with Crippen LogP contribution in [0.1, 0.15) is 27.7 Å². The maximum Gasteiger partial charge on any atom is 0.491 e. The second kappa shape index (κ2) is 5.59. The van der Waals surface area contributed by atoms with Crippen molar-refractivity contribution >= 4 is 44.4 Å². The lowest BCUT2D eigenvalue weighted by molar-refractivity contribution is -0.0982. The average Bonchev–Trinajstić information content (AvgIpc) is 2.13. The normalized spacial score (nSPS) is 12.7. The van der Waals surface area contributed by atoms with Crippen molar-refractivity contribution in [3.63, 3.8) is 0 Å². The summed E-state index contributed by atoms with van der Waals surface area (Å²) < 4.78 is 6.72. The largest absolute Gasteiger partial charge is 0.491 e. The predicted octanol–water partition coefficient (Wildman–Crippen LogP) is 1.86. The molecule has 0 atom stereocenters. The Bertz CT molecular complexity index is 415. The minimum Gasteiger partial charge on any atom is -0.423 e. The summed E-state index contributed by atoms with van der Waals surface area (Å²) in [5, 5.41) is 20.0. The smallest absolute Gasteiger partial charge is 0.423 e. The third-order valence-electron chi connectivity index (χ3n) is 2.95. The number of hydrogen-bond donors (Lipinski definition) is 2. The fourth-order valence-electron chi connectivity index (χ4n) is 1.12. The molecule has 4 nitrogen and oxygen atoms in total. The Balaban J connectivity index is 2.92. The minimum atomic E-state index is -1.14. The molecule has 0 spiro atoms. The number of hydrogen-bond acceptors (Lipinski definition) is 4. The van der Waals surface area contributed by atoms with E-state index in [0.29, 0.717) is 14.7 Å². The Kier molecular flexibility index (Phi) is 5.00. The molecule has 1 aromatic heterocycles. The van der Waals surface area contributed by atoms with Gasteiger partial charge in [-0.15, -0.1) is 0 Å². The summed E-state index contributed by atoms with van der Waals surface area (Å²) in [6, 6.07) is 3.33. The number of halogens is 2. The predicted molar refractivity (Wildman–Crippen MR) is 78.7 cm³/mol. The molecule has 1 heterocycles. The molecule has 1 aromatic rings. The third-order valence-corrected chi connectivity index (χ3v) is 3.76. The van der Waals surface area contributed by atoms with Crippen LogP contribution in [-0.2, 0) is 4.65 Å². The van der Waals surface area contributed by atoms with Crippen molar-refractivity contribution < 1.29 is 14.8 Å². The van der Waals surface area contributed by atoms with Crippen LogP contribution in [0.5, 0.6) is 0 Å². The van der Waals surface area contributed by atoms with Crippen molar-refractivity contribution in [2.24, 2.45) is 0 Å². The van der Waals surface area contributed by atoms with E-state index in [4.69, 9.17) is 4.65 Å². The summed E-state index contributed by atoms with van der Waals surface area (Å²) in [7, 11) is -1.14. The van der Waals surface area contributed by atoms with Gasteiger partial charge in [-0.25, -0.2) is 4.98 Å². The fraction of sp³-hybridized carbons (Fsp3) is 0.545. The van der Waals surface area contributed by atoms with Crippen LogP contribution in [0.15, 0.2) is 21.3 Å². The molecule has 0 aliphatic rings. The van der Waals surface area contributed by atoms with E-state index in [1.807, 2.05) is 0 Å². The summed E-state index contributed by atoms with van der Waals surface area (Å²) in [5.41, 5.74) is -1.41. The molecule has 18 heavy (non-hydrogen) atoms. The van der Waals surface area contributed by atoms with E-state index in [9.17, 15) is 10.1 Å². The SMILES string of the molecule is CC(C)(O)C(C)(C)OB(O)c1cc(Br)nc(Br)c1. The fourth-order valence-corrected chi connectivity index (χ4v) is 2.27. The highest BCUT2D eigenvalue weighted by molar-refractivity contribution is 9.11. The lowest BCUT2D eigenvalue weighted by atomic mass is 9.77. The zero-order valence-electron chi connectivity index (χ0n) is 10.7. The maximum absolute atomic E-state index is 10.1.